The van der Waals surface area contributed by atoms with Crippen LogP contribution in [-0.2, 0) is 11.2 Å². The van der Waals surface area contributed by atoms with Gasteiger partial charge >= 0.3 is 0 Å². The van der Waals surface area contributed by atoms with E-state index in [4.69, 9.17) is 4.74 Å². The average Bonchev–Trinajstić information content (AvgIpc) is 2.51. The van der Waals surface area contributed by atoms with Gasteiger partial charge in [0.2, 0.25) is 5.91 Å². The van der Waals surface area contributed by atoms with Gasteiger partial charge in [-0.15, -0.1) is 0 Å². The third-order valence-electron chi connectivity index (χ3n) is 3.85. The Morgan fingerprint density at radius 3 is 2.45 bits per heavy atom. The predicted octanol–water partition coefficient (Wildman–Crippen LogP) is 3.73. The quantitative estimate of drug-likeness (QED) is 0.913. The summed E-state index contributed by atoms with van der Waals surface area (Å²) in [6.45, 7) is 6.07. The van der Waals surface area contributed by atoms with E-state index in [1.54, 1.807) is 7.11 Å². The maximum absolute atomic E-state index is 12.2. The van der Waals surface area contributed by atoms with E-state index in [0.29, 0.717) is 6.42 Å². The SMILES string of the molecule is COc1ccc([C@H](C)NC(=O)Cc2cc(C)ccc2C)cc1. The molecule has 1 N–H and O–H groups in total. The number of carbonyl (C=O) groups is 1. The van der Waals surface area contributed by atoms with Crippen LogP contribution in [0.1, 0.15) is 35.2 Å². The number of amides is 1. The van der Waals surface area contributed by atoms with E-state index >= 15 is 0 Å². The first-order chi connectivity index (χ1) is 10.5. The number of ether oxygens (including phenoxy) is 1. The van der Waals surface area contributed by atoms with Gasteiger partial charge in [-0.05, 0) is 49.6 Å². The van der Waals surface area contributed by atoms with Crippen molar-refractivity contribution in [2.24, 2.45) is 0 Å². The standard InChI is InChI=1S/C19H23NO2/c1-13-5-6-14(2)17(11-13)12-19(21)20-15(3)16-7-9-18(22-4)10-8-16/h5-11,15H,12H2,1-4H3,(H,20,21)/t15-/m0/s1. The van der Waals surface area contributed by atoms with Gasteiger partial charge in [-0.3, -0.25) is 4.79 Å². The van der Waals surface area contributed by atoms with Crippen LogP contribution in [0.2, 0.25) is 0 Å². The molecule has 0 radical (unpaired) electrons. The Hall–Kier alpha value is -2.29. The highest BCUT2D eigenvalue weighted by Gasteiger charge is 2.11. The molecule has 1 amide bonds. The number of methoxy groups -OCH3 is 1. The van der Waals surface area contributed by atoms with E-state index in [2.05, 4.69) is 23.5 Å². The van der Waals surface area contributed by atoms with Crippen LogP contribution in [0.25, 0.3) is 0 Å². The molecule has 0 aliphatic carbocycles. The van der Waals surface area contributed by atoms with E-state index < -0.39 is 0 Å². The molecule has 0 spiro atoms. The Morgan fingerprint density at radius 2 is 1.82 bits per heavy atom. The maximum atomic E-state index is 12.2. The van der Waals surface area contributed by atoms with Crippen LogP contribution >= 0.6 is 0 Å². The summed E-state index contributed by atoms with van der Waals surface area (Å²) in [6, 6.07) is 13.9. The molecule has 1 atom stereocenters. The summed E-state index contributed by atoms with van der Waals surface area (Å²) in [5.41, 5.74) is 4.48. The molecule has 0 heterocycles. The molecular formula is C19H23NO2. The fraction of sp³-hybridized carbons (Fsp3) is 0.316. The van der Waals surface area contributed by atoms with Crippen molar-refractivity contribution < 1.29 is 9.53 Å². The molecule has 0 aliphatic rings. The number of benzene rings is 2. The fourth-order valence-corrected chi connectivity index (χ4v) is 2.43. The molecular weight excluding hydrogens is 274 g/mol. The Labute approximate surface area is 132 Å². The molecule has 2 aromatic rings. The first-order valence-electron chi connectivity index (χ1n) is 7.49. The van der Waals surface area contributed by atoms with E-state index in [1.165, 1.54) is 5.56 Å². The van der Waals surface area contributed by atoms with Gasteiger partial charge in [-0.25, -0.2) is 0 Å². The average molecular weight is 297 g/mol. The third-order valence-corrected chi connectivity index (χ3v) is 3.85. The minimum Gasteiger partial charge on any atom is -0.497 e. The summed E-state index contributed by atoms with van der Waals surface area (Å²) in [5, 5.41) is 3.05. The highest BCUT2D eigenvalue weighted by atomic mass is 16.5. The van der Waals surface area contributed by atoms with Crippen LogP contribution in [0, 0.1) is 13.8 Å². The van der Waals surface area contributed by atoms with Crippen molar-refractivity contribution in [2.75, 3.05) is 7.11 Å². The molecule has 0 fully saturated rings. The summed E-state index contributed by atoms with van der Waals surface area (Å²) in [6.07, 6.45) is 0.411. The van der Waals surface area contributed by atoms with Crippen molar-refractivity contribution in [1.29, 1.82) is 0 Å². The van der Waals surface area contributed by atoms with Gasteiger partial charge in [-0.2, -0.15) is 0 Å². The van der Waals surface area contributed by atoms with Gasteiger partial charge < -0.3 is 10.1 Å². The number of hydrogen-bond donors (Lipinski definition) is 1. The second kappa shape index (κ2) is 7.12. The van der Waals surface area contributed by atoms with E-state index in [9.17, 15) is 4.79 Å². The Balaban J connectivity index is 2.00. The Morgan fingerprint density at radius 1 is 1.14 bits per heavy atom. The monoisotopic (exact) mass is 297 g/mol. The van der Waals surface area contributed by atoms with Crippen LogP contribution in [0.4, 0.5) is 0 Å². The van der Waals surface area contributed by atoms with Crippen molar-refractivity contribution in [1.82, 2.24) is 5.32 Å². The minimum absolute atomic E-state index is 0.0245. The van der Waals surface area contributed by atoms with Gasteiger partial charge in [-0.1, -0.05) is 35.9 Å². The molecule has 2 rings (SSSR count). The van der Waals surface area contributed by atoms with Crippen LogP contribution in [0.3, 0.4) is 0 Å². The van der Waals surface area contributed by atoms with Crippen molar-refractivity contribution in [3.63, 3.8) is 0 Å². The number of carbonyl (C=O) groups excluding carboxylic acids is 1. The lowest BCUT2D eigenvalue weighted by Gasteiger charge is -2.15. The zero-order valence-electron chi connectivity index (χ0n) is 13.6. The predicted molar refractivity (Wildman–Crippen MR) is 89.2 cm³/mol. The molecule has 0 saturated heterocycles. The lowest BCUT2D eigenvalue weighted by atomic mass is 10.0. The number of hydrogen-bond acceptors (Lipinski definition) is 2. The van der Waals surface area contributed by atoms with Crippen LogP contribution < -0.4 is 10.1 Å². The number of aryl methyl sites for hydroxylation is 2. The van der Waals surface area contributed by atoms with Crippen molar-refractivity contribution in [2.45, 2.75) is 33.2 Å². The van der Waals surface area contributed by atoms with Crippen molar-refractivity contribution in [3.05, 3.63) is 64.7 Å². The molecule has 3 heteroatoms. The van der Waals surface area contributed by atoms with Crippen LogP contribution in [-0.4, -0.2) is 13.0 Å². The van der Waals surface area contributed by atoms with Gasteiger partial charge in [0.15, 0.2) is 0 Å². The van der Waals surface area contributed by atoms with Crippen LogP contribution in [0.5, 0.6) is 5.75 Å². The summed E-state index contributed by atoms with van der Waals surface area (Å²) >= 11 is 0. The second-order valence-corrected chi connectivity index (χ2v) is 5.67. The fourth-order valence-electron chi connectivity index (χ4n) is 2.43. The normalized spacial score (nSPS) is 11.8. The summed E-state index contributed by atoms with van der Waals surface area (Å²) < 4.78 is 5.15. The van der Waals surface area contributed by atoms with Crippen LogP contribution in [0.15, 0.2) is 42.5 Å². The third kappa shape index (κ3) is 4.10. The molecule has 0 aliphatic heterocycles. The first kappa shape index (κ1) is 16.1. The Kier molecular flexibility index (Phi) is 5.21. The van der Waals surface area contributed by atoms with Gasteiger partial charge in [0.25, 0.3) is 0 Å². The summed E-state index contributed by atoms with van der Waals surface area (Å²) in [5.74, 6) is 0.856. The van der Waals surface area contributed by atoms with Gasteiger partial charge in [0.1, 0.15) is 5.75 Å². The molecule has 116 valence electrons. The van der Waals surface area contributed by atoms with E-state index in [-0.39, 0.29) is 11.9 Å². The van der Waals surface area contributed by atoms with E-state index in [1.807, 2.05) is 45.0 Å². The maximum Gasteiger partial charge on any atom is 0.224 e. The largest absolute Gasteiger partial charge is 0.497 e. The van der Waals surface area contributed by atoms with Gasteiger partial charge in [0, 0.05) is 0 Å². The zero-order valence-corrected chi connectivity index (χ0v) is 13.6. The number of nitrogens with one attached hydrogen (secondary N) is 1. The minimum atomic E-state index is -0.0245. The summed E-state index contributed by atoms with van der Waals surface area (Å²) in [4.78, 5) is 12.2. The zero-order chi connectivity index (χ0) is 16.1. The molecule has 0 bridgehead atoms. The van der Waals surface area contributed by atoms with Crippen molar-refractivity contribution >= 4 is 5.91 Å². The topological polar surface area (TPSA) is 38.3 Å². The first-order valence-corrected chi connectivity index (χ1v) is 7.49. The lowest BCUT2D eigenvalue weighted by molar-refractivity contribution is -0.121. The van der Waals surface area contributed by atoms with E-state index in [0.717, 1.165) is 22.4 Å². The smallest absolute Gasteiger partial charge is 0.224 e. The number of rotatable bonds is 5. The van der Waals surface area contributed by atoms with Crippen molar-refractivity contribution in [3.8, 4) is 5.75 Å². The second-order valence-electron chi connectivity index (χ2n) is 5.67. The summed E-state index contributed by atoms with van der Waals surface area (Å²) in [7, 11) is 1.64. The molecule has 0 unspecified atom stereocenters. The molecule has 22 heavy (non-hydrogen) atoms. The highest BCUT2D eigenvalue weighted by Crippen LogP contribution is 2.18. The molecule has 0 aromatic heterocycles. The van der Waals surface area contributed by atoms with Gasteiger partial charge in [0.05, 0.1) is 19.6 Å². The lowest BCUT2D eigenvalue weighted by Crippen LogP contribution is -2.28. The molecule has 3 nitrogen and oxygen atoms in total. The molecule has 2 aromatic carbocycles. The Bertz CT molecular complexity index is 647. The molecule has 0 saturated carbocycles. The highest BCUT2D eigenvalue weighted by molar-refractivity contribution is 5.79.